The van der Waals surface area contributed by atoms with Crippen LogP contribution in [0.2, 0.25) is 5.02 Å². The van der Waals surface area contributed by atoms with Crippen LogP contribution in [-0.2, 0) is 0 Å². The summed E-state index contributed by atoms with van der Waals surface area (Å²) in [4.78, 5) is 7.64. The molecule has 1 saturated carbocycles. The van der Waals surface area contributed by atoms with E-state index < -0.39 is 0 Å². The van der Waals surface area contributed by atoms with Gasteiger partial charge in [-0.2, -0.15) is 9.61 Å². The number of likely N-dealkylation sites (tertiary alicyclic amines) is 1. The topological polar surface area (TPSA) is 45.5 Å². The van der Waals surface area contributed by atoms with Crippen molar-refractivity contribution in [3.05, 3.63) is 46.0 Å². The van der Waals surface area contributed by atoms with Crippen LogP contribution in [0, 0.1) is 17.3 Å². The Labute approximate surface area is 222 Å². The summed E-state index contributed by atoms with van der Waals surface area (Å²) in [5.74, 6) is 2.45. The van der Waals surface area contributed by atoms with E-state index in [2.05, 4.69) is 58.1 Å². The molecule has 3 aromatic rings. The molecule has 0 amide bonds. The minimum absolute atomic E-state index is 0.468. The molecule has 1 saturated heterocycles. The molecule has 3 unspecified atom stereocenters. The van der Waals surface area contributed by atoms with Gasteiger partial charge < -0.3 is 10.2 Å². The molecule has 1 aliphatic heterocycles. The number of fused-ring (bicyclic) bond motifs is 1. The molecule has 1 aliphatic carbocycles. The van der Waals surface area contributed by atoms with Crippen LogP contribution < -0.4 is 5.32 Å². The molecule has 1 aromatic carbocycles. The summed E-state index contributed by atoms with van der Waals surface area (Å²) in [6, 6.07) is 10.7. The van der Waals surface area contributed by atoms with Gasteiger partial charge in [0, 0.05) is 35.8 Å². The number of nitrogens with zero attached hydrogens (tertiary/aromatic N) is 4. The van der Waals surface area contributed by atoms with Crippen LogP contribution in [-0.4, -0.2) is 45.2 Å². The highest BCUT2D eigenvalue weighted by molar-refractivity contribution is 9.10. The van der Waals surface area contributed by atoms with E-state index >= 15 is 0 Å². The van der Waals surface area contributed by atoms with Crippen LogP contribution in [0.3, 0.4) is 0 Å². The molecule has 3 heterocycles. The van der Waals surface area contributed by atoms with Gasteiger partial charge in [-0.1, -0.05) is 57.0 Å². The molecule has 5 nitrogen and oxygen atoms in total. The molecule has 0 radical (unpaired) electrons. The number of anilines is 1. The zero-order valence-corrected chi connectivity index (χ0v) is 23.4. The van der Waals surface area contributed by atoms with Crippen molar-refractivity contribution in [1.29, 1.82) is 0 Å². The summed E-state index contributed by atoms with van der Waals surface area (Å²) in [6.45, 7) is 10.6. The highest BCUT2D eigenvalue weighted by Gasteiger charge is 2.38. The summed E-state index contributed by atoms with van der Waals surface area (Å²) in [5, 5.41) is 8.99. The number of piperidine rings is 1. The lowest BCUT2D eigenvalue weighted by Crippen LogP contribution is -2.43. The Kier molecular flexibility index (Phi) is 7.43. The van der Waals surface area contributed by atoms with Crippen molar-refractivity contribution >= 4 is 39.0 Å². The SMILES string of the molecule is CCC(C)(C)C1CCC(N2CCCC(CNc3cc(-c4ccccc4Cl)nc4c(Br)cnn34)C2)C1. The highest BCUT2D eigenvalue weighted by atomic mass is 79.9. The second-order valence-electron chi connectivity index (χ2n) is 11.1. The maximum Gasteiger partial charge on any atom is 0.172 e. The zero-order valence-electron chi connectivity index (χ0n) is 21.1. The Bertz CT molecular complexity index is 1180. The van der Waals surface area contributed by atoms with Gasteiger partial charge in [-0.15, -0.1) is 0 Å². The smallest absolute Gasteiger partial charge is 0.172 e. The number of nitrogens with one attached hydrogen (secondary N) is 1. The van der Waals surface area contributed by atoms with Gasteiger partial charge in [0.25, 0.3) is 0 Å². The van der Waals surface area contributed by atoms with E-state index in [0.717, 1.165) is 45.7 Å². The van der Waals surface area contributed by atoms with Gasteiger partial charge in [-0.05, 0) is 77.9 Å². The minimum Gasteiger partial charge on any atom is -0.370 e. The van der Waals surface area contributed by atoms with Crippen molar-refractivity contribution in [2.24, 2.45) is 17.3 Å². The number of hydrogen-bond acceptors (Lipinski definition) is 4. The summed E-state index contributed by atoms with van der Waals surface area (Å²) in [5.41, 5.74) is 3.05. The first kappa shape index (κ1) is 25.0. The van der Waals surface area contributed by atoms with Crippen molar-refractivity contribution in [2.75, 3.05) is 25.0 Å². The molecule has 35 heavy (non-hydrogen) atoms. The van der Waals surface area contributed by atoms with Crippen molar-refractivity contribution in [2.45, 2.75) is 65.3 Å². The van der Waals surface area contributed by atoms with E-state index in [9.17, 15) is 0 Å². The molecule has 5 rings (SSSR count). The first-order chi connectivity index (χ1) is 16.9. The molecular formula is C28H37BrClN5. The predicted octanol–water partition coefficient (Wildman–Crippen LogP) is 7.54. The van der Waals surface area contributed by atoms with Gasteiger partial charge in [-0.3, -0.25) is 0 Å². The van der Waals surface area contributed by atoms with Gasteiger partial charge in [0.05, 0.1) is 16.4 Å². The van der Waals surface area contributed by atoms with Crippen LogP contribution in [0.25, 0.3) is 16.9 Å². The number of benzene rings is 1. The normalized spacial score (nSPS) is 23.7. The lowest BCUT2D eigenvalue weighted by molar-refractivity contribution is 0.117. The molecule has 7 heteroatoms. The van der Waals surface area contributed by atoms with E-state index in [1.807, 2.05) is 28.8 Å². The predicted molar refractivity (Wildman–Crippen MR) is 149 cm³/mol. The Morgan fingerprint density at radius 3 is 2.83 bits per heavy atom. The summed E-state index contributed by atoms with van der Waals surface area (Å²) in [7, 11) is 0. The molecule has 188 valence electrons. The average molecular weight is 559 g/mol. The Hall–Kier alpha value is -1.63. The molecule has 0 spiro atoms. The highest BCUT2D eigenvalue weighted by Crippen LogP contribution is 2.43. The fraction of sp³-hybridized carbons (Fsp3) is 0.571. The fourth-order valence-electron chi connectivity index (χ4n) is 6.00. The number of halogens is 2. The molecule has 2 aromatic heterocycles. The summed E-state index contributed by atoms with van der Waals surface area (Å²) in [6.07, 6.45) is 9.76. The van der Waals surface area contributed by atoms with Gasteiger partial charge in [0.15, 0.2) is 5.65 Å². The molecular weight excluding hydrogens is 522 g/mol. The maximum atomic E-state index is 6.50. The quantitative estimate of drug-likeness (QED) is 0.325. The average Bonchev–Trinajstić information content (AvgIpc) is 3.51. The molecule has 3 atom stereocenters. The lowest BCUT2D eigenvalue weighted by Gasteiger charge is -2.38. The van der Waals surface area contributed by atoms with Crippen LogP contribution in [0.1, 0.15) is 59.3 Å². The number of rotatable bonds is 7. The molecule has 2 aliphatic rings. The van der Waals surface area contributed by atoms with Gasteiger partial charge in [0.1, 0.15) is 5.82 Å². The third kappa shape index (κ3) is 5.26. The van der Waals surface area contributed by atoms with Crippen molar-refractivity contribution < 1.29 is 0 Å². The van der Waals surface area contributed by atoms with Gasteiger partial charge in [0.2, 0.25) is 0 Å². The third-order valence-corrected chi connectivity index (χ3v) is 9.53. The van der Waals surface area contributed by atoms with Crippen LogP contribution in [0.15, 0.2) is 41.0 Å². The second kappa shape index (κ2) is 10.4. The second-order valence-corrected chi connectivity index (χ2v) is 12.4. The standard InChI is InChI=1S/C28H37BrClN5/c1-4-28(2,3)20-11-12-21(14-20)34-13-7-8-19(18-34)16-31-26-15-25(22-9-5-6-10-24(22)30)33-27-23(29)17-32-35(26)27/h5-6,9-10,15,17,19-21,31H,4,7-8,11-14,16,18H2,1-3H3. The fourth-order valence-corrected chi connectivity index (χ4v) is 6.58. The van der Waals surface area contributed by atoms with Crippen molar-refractivity contribution in [1.82, 2.24) is 19.5 Å². The Morgan fingerprint density at radius 1 is 1.20 bits per heavy atom. The van der Waals surface area contributed by atoms with Crippen molar-refractivity contribution in [3.8, 4) is 11.3 Å². The first-order valence-electron chi connectivity index (χ1n) is 13.1. The zero-order chi connectivity index (χ0) is 24.6. The minimum atomic E-state index is 0.468. The van der Waals surface area contributed by atoms with E-state index in [4.69, 9.17) is 16.6 Å². The van der Waals surface area contributed by atoms with Crippen molar-refractivity contribution in [3.63, 3.8) is 0 Å². The monoisotopic (exact) mass is 557 g/mol. The summed E-state index contributed by atoms with van der Waals surface area (Å²) < 4.78 is 2.77. The molecule has 2 fully saturated rings. The van der Waals surface area contributed by atoms with Gasteiger partial charge in [-0.25, -0.2) is 4.98 Å². The molecule has 0 bridgehead atoms. The molecule has 1 N–H and O–H groups in total. The Morgan fingerprint density at radius 2 is 2.03 bits per heavy atom. The summed E-state index contributed by atoms with van der Waals surface area (Å²) >= 11 is 10.1. The first-order valence-corrected chi connectivity index (χ1v) is 14.3. The van der Waals surface area contributed by atoms with E-state index in [0.29, 0.717) is 16.4 Å². The third-order valence-electron chi connectivity index (χ3n) is 8.64. The van der Waals surface area contributed by atoms with Crippen LogP contribution in [0.5, 0.6) is 0 Å². The van der Waals surface area contributed by atoms with Crippen LogP contribution in [0.4, 0.5) is 5.82 Å². The van der Waals surface area contributed by atoms with E-state index in [1.54, 1.807) is 6.20 Å². The van der Waals surface area contributed by atoms with Gasteiger partial charge >= 0.3 is 0 Å². The maximum absolute atomic E-state index is 6.50. The largest absolute Gasteiger partial charge is 0.370 e. The van der Waals surface area contributed by atoms with Crippen LogP contribution >= 0.6 is 27.5 Å². The number of hydrogen-bond donors (Lipinski definition) is 1. The number of aromatic nitrogens is 3. The lowest BCUT2D eigenvalue weighted by atomic mass is 9.75. The Balaban J connectivity index is 1.29. The van der Waals surface area contributed by atoms with E-state index in [1.165, 1.54) is 51.6 Å². The van der Waals surface area contributed by atoms with E-state index in [-0.39, 0.29) is 0 Å².